The molecule has 14 heavy (non-hydrogen) atoms. The number of hydrogen-bond donors (Lipinski definition) is 1. The van der Waals surface area contributed by atoms with Crippen molar-refractivity contribution in [2.75, 3.05) is 18.1 Å². The van der Waals surface area contributed by atoms with Crippen LogP contribution >= 0.6 is 11.8 Å². The summed E-state index contributed by atoms with van der Waals surface area (Å²) in [6, 6.07) is 0.330. The average Bonchev–Trinajstić information content (AvgIpc) is 2.67. The van der Waals surface area contributed by atoms with Crippen molar-refractivity contribution >= 4 is 17.7 Å². The van der Waals surface area contributed by atoms with Crippen LogP contribution in [-0.2, 0) is 4.79 Å². The molecule has 0 bridgehead atoms. The van der Waals surface area contributed by atoms with E-state index in [9.17, 15) is 4.79 Å². The van der Waals surface area contributed by atoms with Gasteiger partial charge in [-0.15, -0.1) is 0 Å². The van der Waals surface area contributed by atoms with Crippen molar-refractivity contribution in [3.05, 3.63) is 0 Å². The third-order valence-corrected chi connectivity index (χ3v) is 4.38. The maximum Gasteiger partial charge on any atom is 0.320 e. The lowest BCUT2D eigenvalue weighted by molar-refractivity contribution is -0.142. The number of carbonyl (C=O) groups is 1. The number of nitrogens with zero attached hydrogens (tertiary/aromatic N) is 1. The zero-order chi connectivity index (χ0) is 9.97. The summed E-state index contributed by atoms with van der Waals surface area (Å²) < 4.78 is 0. The van der Waals surface area contributed by atoms with Crippen molar-refractivity contribution in [3.8, 4) is 0 Å². The maximum absolute atomic E-state index is 11.0. The van der Waals surface area contributed by atoms with E-state index in [2.05, 4.69) is 4.90 Å². The van der Waals surface area contributed by atoms with Crippen LogP contribution in [0.3, 0.4) is 0 Å². The van der Waals surface area contributed by atoms with Crippen LogP contribution in [0.5, 0.6) is 0 Å². The fourth-order valence-electron chi connectivity index (χ4n) is 2.48. The SMILES string of the molecule is O=C(O)[C@@H]1CCCN1C1CCCSC1. The summed E-state index contributed by atoms with van der Waals surface area (Å²) in [7, 11) is 0. The van der Waals surface area contributed by atoms with Gasteiger partial charge in [0.15, 0.2) is 0 Å². The zero-order valence-corrected chi connectivity index (χ0v) is 9.13. The molecular formula is C10H17NO2S. The fourth-order valence-corrected chi connectivity index (χ4v) is 3.64. The minimum atomic E-state index is -0.627. The van der Waals surface area contributed by atoms with E-state index in [-0.39, 0.29) is 6.04 Å². The Morgan fingerprint density at radius 3 is 2.86 bits per heavy atom. The second-order valence-corrected chi connectivity index (χ2v) is 5.25. The monoisotopic (exact) mass is 215 g/mol. The van der Waals surface area contributed by atoms with Gasteiger partial charge in [-0.3, -0.25) is 9.69 Å². The van der Waals surface area contributed by atoms with Crippen LogP contribution in [0, 0.1) is 0 Å². The van der Waals surface area contributed by atoms with Crippen molar-refractivity contribution in [2.45, 2.75) is 37.8 Å². The molecule has 2 aliphatic rings. The molecule has 0 aromatic heterocycles. The Morgan fingerprint density at radius 2 is 2.21 bits per heavy atom. The molecule has 1 N–H and O–H groups in total. The first-order chi connectivity index (χ1) is 6.79. The van der Waals surface area contributed by atoms with Crippen LogP contribution in [0.1, 0.15) is 25.7 Å². The van der Waals surface area contributed by atoms with Gasteiger partial charge in [0.2, 0.25) is 0 Å². The Labute approximate surface area is 88.9 Å². The number of thioether (sulfide) groups is 1. The van der Waals surface area contributed by atoms with E-state index >= 15 is 0 Å². The second-order valence-electron chi connectivity index (χ2n) is 4.11. The molecule has 0 aliphatic carbocycles. The first-order valence-corrected chi connectivity index (χ1v) is 6.51. The predicted octanol–water partition coefficient (Wildman–Crippen LogP) is 1.43. The number of likely N-dealkylation sites (tertiary alicyclic amines) is 1. The standard InChI is InChI=1S/C10H17NO2S/c12-10(13)9-4-1-5-11(9)8-3-2-6-14-7-8/h8-9H,1-7H2,(H,12,13)/t8?,9-/m0/s1. The zero-order valence-electron chi connectivity index (χ0n) is 8.32. The van der Waals surface area contributed by atoms with Crippen LogP contribution in [0.4, 0.5) is 0 Å². The number of carboxylic acid groups (broad SMARTS) is 1. The smallest absolute Gasteiger partial charge is 0.320 e. The molecule has 2 atom stereocenters. The van der Waals surface area contributed by atoms with Gasteiger partial charge in [0.05, 0.1) is 0 Å². The number of carboxylic acids is 1. The maximum atomic E-state index is 11.0. The molecule has 1 unspecified atom stereocenters. The Balaban J connectivity index is 1.97. The van der Waals surface area contributed by atoms with E-state index in [0.717, 1.165) is 25.1 Å². The van der Waals surface area contributed by atoms with Crippen molar-refractivity contribution in [3.63, 3.8) is 0 Å². The third-order valence-electron chi connectivity index (χ3n) is 3.18. The molecule has 2 aliphatic heterocycles. The lowest BCUT2D eigenvalue weighted by atomic mass is 10.1. The average molecular weight is 215 g/mol. The molecule has 0 amide bonds. The minimum Gasteiger partial charge on any atom is -0.480 e. The largest absolute Gasteiger partial charge is 0.480 e. The minimum absolute atomic E-state index is 0.196. The van der Waals surface area contributed by atoms with Crippen molar-refractivity contribution < 1.29 is 9.90 Å². The van der Waals surface area contributed by atoms with Crippen LogP contribution in [0.15, 0.2) is 0 Å². The molecule has 80 valence electrons. The molecule has 2 saturated heterocycles. The Kier molecular flexibility index (Phi) is 3.34. The number of aliphatic carboxylic acids is 1. The molecule has 0 saturated carbocycles. The summed E-state index contributed by atoms with van der Waals surface area (Å²) in [5.41, 5.74) is 0. The van der Waals surface area contributed by atoms with Crippen LogP contribution in [0.2, 0.25) is 0 Å². The van der Waals surface area contributed by atoms with E-state index in [1.165, 1.54) is 18.6 Å². The number of rotatable bonds is 2. The molecule has 0 aromatic rings. The molecule has 2 fully saturated rings. The first-order valence-electron chi connectivity index (χ1n) is 5.35. The highest BCUT2D eigenvalue weighted by atomic mass is 32.2. The predicted molar refractivity (Wildman–Crippen MR) is 57.7 cm³/mol. The molecule has 0 spiro atoms. The molecular weight excluding hydrogens is 198 g/mol. The normalized spacial score (nSPS) is 34.6. The Morgan fingerprint density at radius 1 is 1.36 bits per heavy atom. The molecule has 2 rings (SSSR count). The Bertz CT molecular complexity index is 216. The molecule has 0 aromatic carbocycles. The Hall–Kier alpha value is -0.220. The van der Waals surface area contributed by atoms with Gasteiger partial charge in [0.1, 0.15) is 6.04 Å². The fraction of sp³-hybridized carbons (Fsp3) is 0.900. The molecule has 4 heteroatoms. The summed E-state index contributed by atoms with van der Waals surface area (Å²) in [5, 5.41) is 9.07. The summed E-state index contributed by atoms with van der Waals surface area (Å²) in [5.74, 6) is 1.75. The molecule has 0 radical (unpaired) electrons. The van der Waals surface area contributed by atoms with Crippen LogP contribution < -0.4 is 0 Å². The highest BCUT2D eigenvalue weighted by Crippen LogP contribution is 2.28. The van der Waals surface area contributed by atoms with Crippen LogP contribution in [0.25, 0.3) is 0 Å². The van der Waals surface area contributed by atoms with E-state index in [4.69, 9.17) is 5.11 Å². The summed E-state index contributed by atoms with van der Waals surface area (Å²) >= 11 is 1.97. The topological polar surface area (TPSA) is 40.5 Å². The van der Waals surface area contributed by atoms with E-state index in [1.54, 1.807) is 0 Å². The van der Waals surface area contributed by atoms with Gasteiger partial charge in [0.25, 0.3) is 0 Å². The van der Waals surface area contributed by atoms with Gasteiger partial charge in [-0.1, -0.05) is 0 Å². The van der Waals surface area contributed by atoms with Crippen molar-refractivity contribution in [2.24, 2.45) is 0 Å². The summed E-state index contributed by atoms with van der Waals surface area (Å²) in [4.78, 5) is 13.2. The second kappa shape index (κ2) is 4.53. The van der Waals surface area contributed by atoms with Gasteiger partial charge in [0, 0.05) is 11.8 Å². The van der Waals surface area contributed by atoms with Gasteiger partial charge in [-0.25, -0.2) is 0 Å². The highest BCUT2D eigenvalue weighted by molar-refractivity contribution is 7.99. The number of hydrogen-bond acceptors (Lipinski definition) is 3. The summed E-state index contributed by atoms with van der Waals surface area (Å²) in [6.07, 6.45) is 4.34. The van der Waals surface area contributed by atoms with E-state index in [1.807, 2.05) is 11.8 Å². The van der Waals surface area contributed by atoms with Gasteiger partial charge < -0.3 is 5.11 Å². The van der Waals surface area contributed by atoms with E-state index in [0.29, 0.717) is 6.04 Å². The van der Waals surface area contributed by atoms with Gasteiger partial charge in [-0.05, 0) is 38.0 Å². The van der Waals surface area contributed by atoms with Crippen molar-refractivity contribution in [1.82, 2.24) is 4.90 Å². The first kappa shape index (κ1) is 10.3. The quantitative estimate of drug-likeness (QED) is 0.756. The highest BCUT2D eigenvalue weighted by Gasteiger charge is 2.35. The lowest BCUT2D eigenvalue weighted by Crippen LogP contribution is -2.45. The molecule has 3 nitrogen and oxygen atoms in total. The van der Waals surface area contributed by atoms with Crippen LogP contribution in [-0.4, -0.2) is 46.1 Å². The van der Waals surface area contributed by atoms with E-state index < -0.39 is 5.97 Å². The van der Waals surface area contributed by atoms with Gasteiger partial charge in [-0.2, -0.15) is 11.8 Å². The summed E-state index contributed by atoms with van der Waals surface area (Å²) in [6.45, 7) is 0.988. The third kappa shape index (κ3) is 2.06. The lowest BCUT2D eigenvalue weighted by Gasteiger charge is -2.33. The van der Waals surface area contributed by atoms with Gasteiger partial charge >= 0.3 is 5.97 Å². The molecule has 2 heterocycles. The van der Waals surface area contributed by atoms with Crippen molar-refractivity contribution in [1.29, 1.82) is 0 Å².